The van der Waals surface area contributed by atoms with Crippen LogP contribution in [0.1, 0.15) is 28.7 Å². The van der Waals surface area contributed by atoms with Crippen LogP contribution in [0.5, 0.6) is 0 Å². The summed E-state index contributed by atoms with van der Waals surface area (Å²) in [6, 6.07) is 1.58. The second-order valence-electron chi connectivity index (χ2n) is 7.83. The normalized spacial score (nSPS) is 20.8. The Morgan fingerprint density at radius 2 is 2.19 bits per heavy atom. The maximum Gasteiger partial charge on any atom is 0.338 e. The fourth-order valence-electron chi connectivity index (χ4n) is 3.89. The number of hydrogen-bond acceptors (Lipinski definition) is 9. The Labute approximate surface area is 212 Å². The van der Waals surface area contributed by atoms with Gasteiger partial charge in [0, 0.05) is 23.5 Å². The molecule has 1 aromatic heterocycles. The summed E-state index contributed by atoms with van der Waals surface area (Å²) in [6.45, 7) is 0.333. The van der Waals surface area contributed by atoms with Gasteiger partial charge in [-0.05, 0) is 17.7 Å². The molecule has 36 heavy (non-hydrogen) atoms. The molecule has 0 spiro atoms. The van der Waals surface area contributed by atoms with Crippen molar-refractivity contribution in [2.45, 2.75) is 18.5 Å². The Kier molecular flexibility index (Phi) is 7.93. The van der Waals surface area contributed by atoms with Crippen molar-refractivity contribution in [2.24, 2.45) is 4.99 Å². The molecule has 1 saturated heterocycles. The number of carboxylic acids is 1. The van der Waals surface area contributed by atoms with E-state index in [-0.39, 0.29) is 53.4 Å². The van der Waals surface area contributed by atoms with E-state index in [1.807, 2.05) is 0 Å². The van der Waals surface area contributed by atoms with Crippen molar-refractivity contribution in [3.63, 3.8) is 0 Å². The van der Waals surface area contributed by atoms with E-state index >= 15 is 0 Å². The number of carbonyl (C=O) groups is 2. The minimum Gasteiger partial charge on any atom is -0.480 e. The summed E-state index contributed by atoms with van der Waals surface area (Å²) in [5, 5.41) is 13.9. The van der Waals surface area contributed by atoms with Gasteiger partial charge in [0.2, 0.25) is 0 Å². The Morgan fingerprint density at radius 1 is 1.42 bits per heavy atom. The number of aliphatic imine (C=N–C) groups is 1. The SMILES string of the molecule is COC(=O)C1=C(CN2CCOC[C@H]2C(=O)O)N=C(c2nc(C(F)F)cs2)N[C@H]1c1ccc(F)cc1Cl. The van der Waals surface area contributed by atoms with Gasteiger partial charge in [-0.15, -0.1) is 11.3 Å². The summed E-state index contributed by atoms with van der Waals surface area (Å²) in [5.41, 5.74) is -0.0102. The summed E-state index contributed by atoms with van der Waals surface area (Å²) < 4.78 is 50.4. The van der Waals surface area contributed by atoms with Gasteiger partial charge in [-0.2, -0.15) is 0 Å². The second kappa shape index (κ2) is 10.9. The number of nitrogens with one attached hydrogen (secondary N) is 1. The van der Waals surface area contributed by atoms with Gasteiger partial charge in [0.15, 0.2) is 10.8 Å². The number of halogens is 4. The highest BCUT2D eigenvalue weighted by Gasteiger charge is 2.37. The fourth-order valence-corrected chi connectivity index (χ4v) is 4.93. The smallest absolute Gasteiger partial charge is 0.338 e. The number of amidine groups is 1. The van der Waals surface area contributed by atoms with Crippen molar-refractivity contribution in [3.8, 4) is 0 Å². The molecule has 2 N–H and O–H groups in total. The highest BCUT2D eigenvalue weighted by molar-refractivity contribution is 7.11. The summed E-state index contributed by atoms with van der Waals surface area (Å²) >= 11 is 7.22. The van der Waals surface area contributed by atoms with Crippen molar-refractivity contribution < 1.29 is 37.3 Å². The van der Waals surface area contributed by atoms with E-state index in [4.69, 9.17) is 21.1 Å². The average Bonchev–Trinajstić information content (AvgIpc) is 3.34. The number of aliphatic carboxylic acids is 1. The number of esters is 1. The van der Waals surface area contributed by atoms with Crippen LogP contribution < -0.4 is 5.32 Å². The van der Waals surface area contributed by atoms with Crippen LogP contribution in [-0.4, -0.2) is 72.2 Å². The number of carboxylic acid groups (broad SMARTS) is 1. The first-order chi connectivity index (χ1) is 17.2. The molecule has 0 bridgehead atoms. The monoisotopic (exact) mass is 544 g/mol. The van der Waals surface area contributed by atoms with Gasteiger partial charge in [0.1, 0.15) is 17.6 Å². The Bertz CT molecular complexity index is 1240. The van der Waals surface area contributed by atoms with Gasteiger partial charge in [0.05, 0.1) is 37.6 Å². The molecule has 0 aliphatic carbocycles. The Hall–Kier alpha value is -3.00. The number of thiazole rings is 1. The van der Waals surface area contributed by atoms with Crippen LogP contribution >= 0.6 is 22.9 Å². The van der Waals surface area contributed by atoms with Crippen LogP contribution in [-0.2, 0) is 19.1 Å². The quantitative estimate of drug-likeness (QED) is 0.511. The predicted molar refractivity (Wildman–Crippen MR) is 124 cm³/mol. The zero-order chi connectivity index (χ0) is 26.0. The molecule has 0 amide bonds. The number of carbonyl (C=O) groups excluding carboxylic acids is 1. The summed E-state index contributed by atoms with van der Waals surface area (Å²) in [5.74, 6) is -2.43. The number of morpholine rings is 1. The molecule has 192 valence electrons. The lowest BCUT2D eigenvalue weighted by Gasteiger charge is -2.35. The number of alkyl halides is 2. The molecule has 2 atom stereocenters. The molecule has 3 heterocycles. The largest absolute Gasteiger partial charge is 0.480 e. The van der Waals surface area contributed by atoms with E-state index in [0.29, 0.717) is 5.56 Å². The predicted octanol–water partition coefficient (Wildman–Crippen LogP) is 3.18. The first-order valence-corrected chi connectivity index (χ1v) is 11.9. The van der Waals surface area contributed by atoms with Gasteiger partial charge in [-0.1, -0.05) is 17.7 Å². The first kappa shape index (κ1) is 26.1. The van der Waals surface area contributed by atoms with Crippen LogP contribution in [0.15, 0.2) is 39.8 Å². The molecule has 2 aliphatic rings. The van der Waals surface area contributed by atoms with Gasteiger partial charge < -0.3 is 19.9 Å². The van der Waals surface area contributed by atoms with Gasteiger partial charge >= 0.3 is 11.9 Å². The maximum atomic E-state index is 13.8. The molecule has 9 nitrogen and oxygen atoms in total. The molecule has 2 aromatic rings. The van der Waals surface area contributed by atoms with Gasteiger partial charge in [-0.3, -0.25) is 9.69 Å². The van der Waals surface area contributed by atoms with E-state index < -0.39 is 42.0 Å². The molecule has 4 rings (SSSR count). The zero-order valence-corrected chi connectivity index (χ0v) is 20.3. The fraction of sp³-hybridized carbons (Fsp3) is 0.364. The summed E-state index contributed by atoms with van der Waals surface area (Å²) in [7, 11) is 1.17. The number of nitrogens with zero attached hydrogens (tertiary/aromatic N) is 3. The standard InChI is InChI=1S/C22H20ClF3N4O5S/c1-34-22(33)16-13(7-30-4-5-35-8-15(30)21(31)32)27-19(20-28-14(9-36-20)18(25)26)29-17(16)11-3-2-10(24)6-12(11)23/h2-3,6,9,15,17-18H,4-5,7-8H2,1H3,(H,27,29)(H,31,32)/t15-,17-/m0/s1. The van der Waals surface area contributed by atoms with Crippen molar-refractivity contribution >= 4 is 40.7 Å². The minimum atomic E-state index is -2.80. The van der Waals surface area contributed by atoms with Crippen molar-refractivity contribution in [1.82, 2.24) is 15.2 Å². The highest BCUT2D eigenvalue weighted by Crippen LogP contribution is 2.35. The molecule has 1 aromatic carbocycles. The van der Waals surface area contributed by atoms with Gasteiger partial charge in [-0.25, -0.2) is 27.9 Å². The van der Waals surface area contributed by atoms with Crippen LogP contribution in [0.2, 0.25) is 5.02 Å². The number of hydrogen-bond donors (Lipinski definition) is 2. The van der Waals surface area contributed by atoms with Crippen LogP contribution in [0, 0.1) is 5.82 Å². The highest BCUT2D eigenvalue weighted by atomic mass is 35.5. The van der Waals surface area contributed by atoms with E-state index in [1.165, 1.54) is 18.6 Å². The number of rotatable bonds is 7. The molecule has 14 heteroatoms. The van der Waals surface area contributed by atoms with Crippen molar-refractivity contribution in [2.75, 3.05) is 33.4 Å². The topological polar surface area (TPSA) is 113 Å². The lowest BCUT2D eigenvalue weighted by atomic mass is 9.94. The van der Waals surface area contributed by atoms with E-state index in [9.17, 15) is 27.9 Å². The lowest BCUT2D eigenvalue weighted by Crippen LogP contribution is -2.51. The Morgan fingerprint density at radius 3 is 2.83 bits per heavy atom. The van der Waals surface area contributed by atoms with Crippen LogP contribution in [0.25, 0.3) is 0 Å². The van der Waals surface area contributed by atoms with E-state index in [0.717, 1.165) is 23.5 Å². The Balaban J connectivity index is 1.86. The van der Waals surface area contributed by atoms with Crippen LogP contribution in [0.4, 0.5) is 13.2 Å². The third kappa shape index (κ3) is 5.38. The van der Waals surface area contributed by atoms with Crippen molar-refractivity contribution in [1.29, 1.82) is 0 Å². The molecule has 0 saturated carbocycles. The minimum absolute atomic E-state index is 0.00306. The van der Waals surface area contributed by atoms with Gasteiger partial charge in [0.25, 0.3) is 6.43 Å². The number of ether oxygens (including phenoxy) is 2. The molecule has 1 fully saturated rings. The van der Waals surface area contributed by atoms with E-state index in [2.05, 4.69) is 15.3 Å². The average molecular weight is 545 g/mol. The molecule has 0 unspecified atom stereocenters. The summed E-state index contributed by atoms with van der Waals surface area (Å²) in [6.07, 6.45) is -2.80. The molecule has 0 radical (unpaired) electrons. The second-order valence-corrected chi connectivity index (χ2v) is 9.10. The number of aromatic nitrogens is 1. The molecular weight excluding hydrogens is 525 g/mol. The zero-order valence-electron chi connectivity index (χ0n) is 18.7. The first-order valence-electron chi connectivity index (χ1n) is 10.6. The lowest BCUT2D eigenvalue weighted by molar-refractivity contribution is -0.149. The summed E-state index contributed by atoms with van der Waals surface area (Å²) in [4.78, 5) is 34.7. The third-order valence-electron chi connectivity index (χ3n) is 5.63. The molecular formula is C22H20ClF3N4O5S. The number of methoxy groups -OCH3 is 1. The molecule has 2 aliphatic heterocycles. The number of benzene rings is 1. The maximum absolute atomic E-state index is 13.8. The van der Waals surface area contributed by atoms with Crippen LogP contribution in [0.3, 0.4) is 0 Å². The van der Waals surface area contributed by atoms with E-state index in [1.54, 1.807) is 4.90 Å². The third-order valence-corrected chi connectivity index (χ3v) is 6.83. The van der Waals surface area contributed by atoms with Crippen molar-refractivity contribution in [3.05, 3.63) is 62.0 Å².